The van der Waals surface area contributed by atoms with Crippen molar-refractivity contribution in [3.63, 3.8) is 0 Å². The van der Waals surface area contributed by atoms with E-state index in [1.165, 1.54) is 0 Å². The van der Waals surface area contributed by atoms with Gasteiger partial charge in [-0.25, -0.2) is 9.67 Å². The maximum atomic E-state index is 11.4. The SMILES string of the molecule is CCC1CCCc2nc(C(N)=O)nn21.CN1C(=O)CCOc2ccccc21. The first-order valence-electron chi connectivity index (χ1n) is 9.24. The number of fused-ring (bicyclic) bond motifs is 2. The number of carbonyl (C=O) groups excluding carboxylic acids is 2. The fourth-order valence-corrected chi connectivity index (χ4v) is 3.32. The van der Waals surface area contributed by atoms with E-state index in [9.17, 15) is 9.59 Å². The number of ether oxygens (including phenoxy) is 1. The van der Waals surface area contributed by atoms with Crippen molar-refractivity contribution in [3.05, 3.63) is 35.9 Å². The highest BCUT2D eigenvalue weighted by Gasteiger charge is 2.23. The van der Waals surface area contributed by atoms with Gasteiger partial charge in [-0.1, -0.05) is 19.1 Å². The van der Waals surface area contributed by atoms with Crippen LogP contribution in [0.1, 0.15) is 55.1 Å². The maximum Gasteiger partial charge on any atom is 0.288 e. The van der Waals surface area contributed by atoms with Crippen molar-refractivity contribution in [3.8, 4) is 5.75 Å². The highest BCUT2D eigenvalue weighted by atomic mass is 16.5. The Kier molecular flexibility index (Phi) is 5.73. The molecule has 2 aliphatic heterocycles. The molecule has 8 nitrogen and oxygen atoms in total. The lowest BCUT2D eigenvalue weighted by Gasteiger charge is -2.21. The van der Waals surface area contributed by atoms with Crippen LogP contribution in [0.5, 0.6) is 5.75 Å². The Balaban J connectivity index is 0.000000156. The third-order valence-corrected chi connectivity index (χ3v) is 4.85. The number of hydrogen-bond donors (Lipinski definition) is 1. The number of carbonyl (C=O) groups is 2. The number of benzene rings is 1. The predicted molar refractivity (Wildman–Crippen MR) is 101 cm³/mol. The van der Waals surface area contributed by atoms with Gasteiger partial charge in [-0.3, -0.25) is 9.59 Å². The number of nitrogens with zero attached hydrogens (tertiary/aromatic N) is 4. The molecular weight excluding hydrogens is 346 g/mol. The van der Waals surface area contributed by atoms with Gasteiger partial charge in [0, 0.05) is 13.5 Å². The second-order valence-corrected chi connectivity index (χ2v) is 6.63. The van der Waals surface area contributed by atoms with Crippen molar-refractivity contribution in [2.45, 2.75) is 45.1 Å². The highest BCUT2D eigenvalue weighted by Crippen LogP contribution is 2.29. The molecule has 0 bridgehead atoms. The van der Waals surface area contributed by atoms with Gasteiger partial charge in [0.1, 0.15) is 11.6 Å². The van der Waals surface area contributed by atoms with E-state index >= 15 is 0 Å². The summed E-state index contributed by atoms with van der Waals surface area (Å²) in [5.74, 6) is 1.40. The maximum absolute atomic E-state index is 11.4. The summed E-state index contributed by atoms with van der Waals surface area (Å²) >= 11 is 0. The highest BCUT2D eigenvalue weighted by molar-refractivity contribution is 5.95. The molecule has 0 fully saturated rings. The first-order valence-corrected chi connectivity index (χ1v) is 9.24. The van der Waals surface area contributed by atoms with Crippen LogP contribution in [0.25, 0.3) is 0 Å². The van der Waals surface area contributed by atoms with Gasteiger partial charge in [0.25, 0.3) is 5.91 Å². The smallest absolute Gasteiger partial charge is 0.288 e. The van der Waals surface area contributed by atoms with E-state index in [1.807, 2.05) is 28.9 Å². The molecule has 2 aliphatic rings. The zero-order chi connectivity index (χ0) is 19.4. The average Bonchev–Trinajstić information content (AvgIpc) is 3.07. The summed E-state index contributed by atoms with van der Waals surface area (Å²) in [7, 11) is 1.77. The van der Waals surface area contributed by atoms with Gasteiger partial charge in [-0.05, 0) is 31.4 Å². The second-order valence-electron chi connectivity index (χ2n) is 6.63. The van der Waals surface area contributed by atoms with Crippen LogP contribution in [0.2, 0.25) is 0 Å². The fraction of sp³-hybridized carbons (Fsp3) is 0.474. The second kappa shape index (κ2) is 8.20. The van der Waals surface area contributed by atoms with Crippen LogP contribution in [0.3, 0.4) is 0 Å². The Bertz CT molecular complexity index is 833. The van der Waals surface area contributed by atoms with Crippen LogP contribution < -0.4 is 15.4 Å². The molecule has 2 aromatic rings. The molecule has 1 unspecified atom stereocenters. The van der Waals surface area contributed by atoms with Gasteiger partial charge >= 0.3 is 0 Å². The number of aryl methyl sites for hydroxylation is 1. The largest absolute Gasteiger partial charge is 0.491 e. The first-order chi connectivity index (χ1) is 13.0. The van der Waals surface area contributed by atoms with Crippen LogP contribution in [0.15, 0.2) is 24.3 Å². The Labute approximate surface area is 158 Å². The van der Waals surface area contributed by atoms with Crippen molar-refractivity contribution in [1.29, 1.82) is 0 Å². The molecule has 4 rings (SSSR count). The molecule has 0 radical (unpaired) electrons. The van der Waals surface area contributed by atoms with E-state index in [0.717, 1.165) is 42.9 Å². The van der Waals surface area contributed by atoms with E-state index in [1.54, 1.807) is 11.9 Å². The molecule has 0 spiro atoms. The third kappa shape index (κ3) is 4.10. The Hall–Kier alpha value is -2.90. The number of hydrogen-bond acceptors (Lipinski definition) is 5. The molecule has 0 saturated carbocycles. The van der Waals surface area contributed by atoms with Crippen molar-refractivity contribution < 1.29 is 14.3 Å². The Morgan fingerprint density at radius 2 is 2.11 bits per heavy atom. The van der Waals surface area contributed by atoms with E-state index in [-0.39, 0.29) is 11.7 Å². The summed E-state index contributed by atoms with van der Waals surface area (Å²) in [4.78, 5) is 28.1. The van der Waals surface area contributed by atoms with Crippen molar-refractivity contribution in [1.82, 2.24) is 14.8 Å². The normalized spacial score (nSPS) is 18.4. The standard InChI is InChI=1S/C10H11NO2.C9H14N4O/c1-11-8-4-2-3-5-9(8)13-7-6-10(11)12;1-2-6-4-3-5-7-11-9(8(10)14)12-13(6)7/h2-5H,6-7H2,1H3;6H,2-5H2,1H3,(H2,10,14). The molecule has 1 aromatic heterocycles. The van der Waals surface area contributed by atoms with E-state index in [0.29, 0.717) is 19.1 Å². The number of para-hydroxylation sites is 2. The lowest BCUT2D eigenvalue weighted by molar-refractivity contribution is -0.118. The molecule has 1 aromatic carbocycles. The van der Waals surface area contributed by atoms with Gasteiger partial charge in [-0.2, -0.15) is 0 Å². The van der Waals surface area contributed by atoms with Crippen molar-refractivity contribution in [2.24, 2.45) is 5.73 Å². The molecule has 1 atom stereocenters. The van der Waals surface area contributed by atoms with E-state index in [2.05, 4.69) is 17.0 Å². The third-order valence-electron chi connectivity index (χ3n) is 4.85. The summed E-state index contributed by atoms with van der Waals surface area (Å²) in [6, 6.07) is 7.96. The first kappa shape index (κ1) is 18.9. The molecule has 3 heterocycles. The van der Waals surface area contributed by atoms with Crippen LogP contribution in [0, 0.1) is 0 Å². The lowest BCUT2D eigenvalue weighted by Crippen LogP contribution is -2.24. The molecular formula is C19H25N5O3. The van der Waals surface area contributed by atoms with Crippen LogP contribution >= 0.6 is 0 Å². The van der Waals surface area contributed by atoms with Gasteiger partial charge in [0.05, 0.1) is 24.8 Å². The van der Waals surface area contributed by atoms with Crippen molar-refractivity contribution in [2.75, 3.05) is 18.6 Å². The number of anilines is 1. The minimum absolute atomic E-state index is 0.102. The van der Waals surface area contributed by atoms with Crippen LogP contribution in [0.4, 0.5) is 5.69 Å². The Morgan fingerprint density at radius 3 is 2.85 bits per heavy atom. The van der Waals surface area contributed by atoms with Crippen LogP contribution in [-0.4, -0.2) is 40.2 Å². The fourth-order valence-electron chi connectivity index (χ4n) is 3.32. The van der Waals surface area contributed by atoms with E-state index in [4.69, 9.17) is 10.5 Å². The monoisotopic (exact) mass is 371 g/mol. The molecule has 144 valence electrons. The van der Waals surface area contributed by atoms with Crippen molar-refractivity contribution >= 4 is 17.5 Å². The topological polar surface area (TPSA) is 103 Å². The summed E-state index contributed by atoms with van der Waals surface area (Å²) < 4.78 is 7.29. The number of primary amides is 1. The zero-order valence-corrected chi connectivity index (χ0v) is 15.7. The predicted octanol–water partition coefficient (Wildman–Crippen LogP) is 2.10. The zero-order valence-electron chi connectivity index (χ0n) is 15.7. The minimum atomic E-state index is -0.540. The lowest BCUT2D eigenvalue weighted by atomic mass is 10.0. The van der Waals surface area contributed by atoms with Crippen LogP contribution in [-0.2, 0) is 11.2 Å². The number of amides is 2. The molecule has 2 amide bonds. The molecule has 0 aliphatic carbocycles. The van der Waals surface area contributed by atoms with Gasteiger partial charge in [-0.15, -0.1) is 5.10 Å². The molecule has 0 saturated heterocycles. The van der Waals surface area contributed by atoms with Gasteiger partial charge in [0.2, 0.25) is 11.7 Å². The summed E-state index contributed by atoms with van der Waals surface area (Å²) in [6.45, 7) is 2.59. The van der Waals surface area contributed by atoms with E-state index < -0.39 is 5.91 Å². The van der Waals surface area contributed by atoms with Gasteiger partial charge < -0.3 is 15.4 Å². The number of rotatable bonds is 2. The molecule has 27 heavy (non-hydrogen) atoms. The average molecular weight is 371 g/mol. The Morgan fingerprint density at radius 1 is 1.33 bits per heavy atom. The summed E-state index contributed by atoms with van der Waals surface area (Å²) in [5.41, 5.74) is 5.99. The number of aromatic nitrogens is 3. The molecule has 2 N–H and O–H groups in total. The summed E-state index contributed by atoms with van der Waals surface area (Å²) in [5, 5.41) is 4.13. The number of nitrogens with two attached hydrogens (primary N) is 1. The quantitative estimate of drug-likeness (QED) is 0.871. The minimum Gasteiger partial charge on any atom is -0.491 e. The van der Waals surface area contributed by atoms with Gasteiger partial charge in [0.15, 0.2) is 0 Å². The summed E-state index contributed by atoms with van der Waals surface area (Å²) in [6.07, 6.45) is 4.61. The molecule has 8 heteroatoms.